The number of hydrogen-bond acceptors (Lipinski definition) is 4. The Kier molecular flexibility index (Phi) is 5.26. The Labute approximate surface area is 153 Å². The van der Waals surface area contributed by atoms with Crippen LogP contribution in [0.2, 0.25) is 0 Å². The zero-order valence-electron chi connectivity index (χ0n) is 15.4. The highest BCUT2D eigenvalue weighted by atomic mass is 16.5. The van der Waals surface area contributed by atoms with Gasteiger partial charge in [-0.05, 0) is 67.6 Å². The number of fused-ring (bicyclic) bond motifs is 1. The van der Waals surface area contributed by atoms with Crippen molar-refractivity contribution < 1.29 is 19.1 Å². The van der Waals surface area contributed by atoms with E-state index in [9.17, 15) is 9.59 Å². The summed E-state index contributed by atoms with van der Waals surface area (Å²) < 4.78 is 10.5. The van der Waals surface area contributed by atoms with E-state index in [1.807, 2.05) is 38.1 Å². The lowest BCUT2D eigenvalue weighted by Crippen LogP contribution is -2.39. The summed E-state index contributed by atoms with van der Waals surface area (Å²) >= 11 is 0. The Balaban J connectivity index is 1.77. The first-order chi connectivity index (χ1) is 12.5. The Bertz CT molecular complexity index is 844. The molecule has 0 saturated carbocycles. The fourth-order valence-corrected chi connectivity index (χ4v) is 3.21. The first-order valence-electron chi connectivity index (χ1n) is 8.72. The summed E-state index contributed by atoms with van der Waals surface area (Å²) in [6, 6.07) is 11.2. The summed E-state index contributed by atoms with van der Waals surface area (Å²) in [5.74, 6) is 0.190. The number of ether oxygens (including phenoxy) is 2. The Morgan fingerprint density at radius 3 is 2.65 bits per heavy atom. The van der Waals surface area contributed by atoms with E-state index < -0.39 is 0 Å². The molecule has 5 nitrogen and oxygen atoms in total. The fraction of sp³-hybridized carbons (Fsp3) is 0.333. The van der Waals surface area contributed by atoms with E-state index in [1.165, 1.54) is 12.7 Å². The van der Waals surface area contributed by atoms with Crippen LogP contribution in [-0.2, 0) is 16.0 Å². The van der Waals surface area contributed by atoms with Gasteiger partial charge in [0.05, 0.1) is 12.7 Å². The summed E-state index contributed by atoms with van der Waals surface area (Å²) in [5, 5.41) is 0. The number of aryl methyl sites for hydroxylation is 2. The van der Waals surface area contributed by atoms with Gasteiger partial charge in [-0.2, -0.15) is 0 Å². The van der Waals surface area contributed by atoms with Crippen LogP contribution in [0.5, 0.6) is 5.75 Å². The third kappa shape index (κ3) is 3.57. The third-order valence-corrected chi connectivity index (χ3v) is 4.80. The van der Waals surface area contributed by atoms with Gasteiger partial charge in [0.25, 0.3) is 5.91 Å². The Morgan fingerprint density at radius 2 is 1.92 bits per heavy atom. The molecule has 0 N–H and O–H groups in total. The molecule has 2 aromatic rings. The normalized spacial score (nSPS) is 13.1. The second kappa shape index (κ2) is 7.60. The van der Waals surface area contributed by atoms with E-state index in [2.05, 4.69) is 0 Å². The molecule has 136 valence electrons. The van der Waals surface area contributed by atoms with E-state index >= 15 is 0 Å². The van der Waals surface area contributed by atoms with Crippen molar-refractivity contribution in [1.29, 1.82) is 0 Å². The van der Waals surface area contributed by atoms with Gasteiger partial charge in [-0.3, -0.25) is 4.79 Å². The fourth-order valence-electron chi connectivity index (χ4n) is 3.21. The zero-order valence-corrected chi connectivity index (χ0v) is 15.4. The quantitative estimate of drug-likeness (QED) is 0.790. The van der Waals surface area contributed by atoms with Crippen molar-refractivity contribution in [3.05, 3.63) is 58.7 Å². The standard InChI is InChI=1S/C21H23NO4/c1-14-9-10-16(12-15(14)2)26-13-20(23)22-11-5-7-17-18(21(24)25-3)6-4-8-19(17)22/h4,6,8-10,12H,5,7,11,13H2,1-3H3. The molecule has 0 spiro atoms. The van der Waals surface area contributed by atoms with Crippen molar-refractivity contribution in [3.8, 4) is 5.75 Å². The smallest absolute Gasteiger partial charge is 0.338 e. The highest BCUT2D eigenvalue weighted by Crippen LogP contribution is 2.30. The highest BCUT2D eigenvalue weighted by molar-refractivity contribution is 5.99. The lowest BCUT2D eigenvalue weighted by Gasteiger charge is -2.30. The zero-order chi connectivity index (χ0) is 18.7. The summed E-state index contributed by atoms with van der Waals surface area (Å²) in [7, 11) is 1.37. The molecular weight excluding hydrogens is 330 g/mol. The maximum Gasteiger partial charge on any atom is 0.338 e. The number of nitrogens with zero attached hydrogens (tertiary/aromatic N) is 1. The van der Waals surface area contributed by atoms with Gasteiger partial charge < -0.3 is 14.4 Å². The van der Waals surface area contributed by atoms with Crippen LogP contribution in [0.4, 0.5) is 5.69 Å². The van der Waals surface area contributed by atoms with E-state index in [4.69, 9.17) is 9.47 Å². The largest absolute Gasteiger partial charge is 0.484 e. The van der Waals surface area contributed by atoms with Gasteiger partial charge >= 0.3 is 5.97 Å². The number of hydrogen-bond donors (Lipinski definition) is 0. The van der Waals surface area contributed by atoms with E-state index in [0.29, 0.717) is 17.9 Å². The lowest BCUT2D eigenvalue weighted by atomic mass is 9.96. The van der Waals surface area contributed by atoms with Crippen molar-refractivity contribution in [2.45, 2.75) is 26.7 Å². The van der Waals surface area contributed by atoms with Gasteiger partial charge in [0.1, 0.15) is 5.75 Å². The molecule has 0 radical (unpaired) electrons. The molecule has 0 unspecified atom stereocenters. The molecule has 0 saturated heterocycles. The second-order valence-corrected chi connectivity index (χ2v) is 6.48. The monoisotopic (exact) mass is 353 g/mol. The van der Waals surface area contributed by atoms with Crippen LogP contribution in [0.15, 0.2) is 36.4 Å². The van der Waals surface area contributed by atoms with Gasteiger partial charge in [0.2, 0.25) is 0 Å². The number of rotatable bonds is 4. The number of carbonyl (C=O) groups is 2. The summed E-state index contributed by atoms with van der Waals surface area (Å²) in [6.07, 6.45) is 1.55. The van der Waals surface area contributed by atoms with E-state index in [1.54, 1.807) is 17.0 Å². The third-order valence-electron chi connectivity index (χ3n) is 4.80. The second-order valence-electron chi connectivity index (χ2n) is 6.48. The van der Waals surface area contributed by atoms with Crippen LogP contribution in [0.25, 0.3) is 0 Å². The molecule has 2 aromatic carbocycles. The molecule has 0 fully saturated rings. The van der Waals surface area contributed by atoms with Crippen LogP contribution in [-0.4, -0.2) is 32.1 Å². The van der Waals surface area contributed by atoms with Gasteiger partial charge in [0, 0.05) is 12.2 Å². The Morgan fingerprint density at radius 1 is 1.12 bits per heavy atom. The molecule has 1 heterocycles. The van der Waals surface area contributed by atoms with Crippen molar-refractivity contribution in [2.75, 3.05) is 25.2 Å². The van der Waals surface area contributed by atoms with Crippen molar-refractivity contribution in [3.63, 3.8) is 0 Å². The molecule has 0 aliphatic carbocycles. The molecule has 0 atom stereocenters. The molecule has 26 heavy (non-hydrogen) atoms. The predicted octanol–water partition coefficient (Wildman–Crippen LogP) is 3.45. The van der Waals surface area contributed by atoms with Crippen molar-refractivity contribution >= 4 is 17.6 Å². The minimum absolute atomic E-state index is 0.0373. The van der Waals surface area contributed by atoms with Gasteiger partial charge in [0.15, 0.2) is 6.61 Å². The summed E-state index contributed by atoms with van der Waals surface area (Å²) in [6.45, 7) is 4.63. The molecular formula is C21H23NO4. The average Bonchev–Trinajstić information content (AvgIpc) is 2.67. The molecule has 1 aliphatic rings. The van der Waals surface area contributed by atoms with Gasteiger partial charge in [-0.1, -0.05) is 12.1 Å². The minimum atomic E-state index is -0.373. The average molecular weight is 353 g/mol. The Hall–Kier alpha value is -2.82. The number of amides is 1. The maximum absolute atomic E-state index is 12.7. The van der Waals surface area contributed by atoms with Crippen molar-refractivity contribution in [2.24, 2.45) is 0 Å². The number of anilines is 1. The minimum Gasteiger partial charge on any atom is -0.484 e. The number of carbonyl (C=O) groups excluding carboxylic acids is 2. The van der Waals surface area contributed by atoms with Crippen LogP contribution in [0.3, 0.4) is 0 Å². The predicted molar refractivity (Wildman–Crippen MR) is 99.9 cm³/mol. The van der Waals surface area contributed by atoms with Crippen LogP contribution in [0.1, 0.15) is 33.5 Å². The molecule has 1 amide bonds. The number of benzene rings is 2. The van der Waals surface area contributed by atoms with Crippen LogP contribution in [0, 0.1) is 13.8 Å². The van der Waals surface area contributed by atoms with Crippen LogP contribution < -0.4 is 9.64 Å². The first-order valence-corrected chi connectivity index (χ1v) is 8.72. The molecule has 3 rings (SSSR count). The highest BCUT2D eigenvalue weighted by Gasteiger charge is 2.26. The van der Waals surface area contributed by atoms with Crippen molar-refractivity contribution in [1.82, 2.24) is 0 Å². The molecule has 0 aromatic heterocycles. The SMILES string of the molecule is COC(=O)c1cccc2c1CCCN2C(=O)COc1ccc(C)c(C)c1. The summed E-state index contributed by atoms with van der Waals surface area (Å²) in [5.41, 5.74) is 4.47. The van der Waals surface area contributed by atoms with Gasteiger partial charge in [-0.25, -0.2) is 4.79 Å². The van der Waals surface area contributed by atoms with E-state index in [-0.39, 0.29) is 18.5 Å². The molecule has 5 heteroatoms. The van der Waals surface area contributed by atoms with E-state index in [0.717, 1.165) is 29.7 Å². The molecule has 1 aliphatic heterocycles. The number of methoxy groups -OCH3 is 1. The lowest BCUT2D eigenvalue weighted by molar-refractivity contribution is -0.120. The van der Waals surface area contributed by atoms with Crippen LogP contribution >= 0.6 is 0 Å². The summed E-state index contributed by atoms with van der Waals surface area (Å²) in [4.78, 5) is 26.4. The number of esters is 1. The maximum atomic E-state index is 12.7. The first kappa shape index (κ1) is 18.0. The topological polar surface area (TPSA) is 55.8 Å². The molecule has 0 bridgehead atoms. The van der Waals surface area contributed by atoms with Gasteiger partial charge in [-0.15, -0.1) is 0 Å².